The maximum Gasteiger partial charge on any atom is 0.102 e. The van der Waals surface area contributed by atoms with Crippen LogP contribution in [0.25, 0.3) is 0 Å². The lowest BCUT2D eigenvalue weighted by Crippen LogP contribution is -2.08. The van der Waals surface area contributed by atoms with Crippen LogP contribution in [0, 0.1) is 0 Å². The smallest absolute Gasteiger partial charge is 0.102 e. The first-order valence-electron chi connectivity index (χ1n) is 6.63. The van der Waals surface area contributed by atoms with Crippen LogP contribution in [0.5, 0.6) is 0 Å². The van der Waals surface area contributed by atoms with E-state index in [1.165, 1.54) is 50.3 Å². The minimum atomic E-state index is -0.452. The standard InChI is InChI=1S/C13H26O2S/c1-2-3-4-5-6-7-8-9-13(15)12-16-11-10-14/h13H,2-12H2,1H3. The van der Waals surface area contributed by atoms with Gasteiger partial charge in [0, 0.05) is 11.5 Å². The summed E-state index contributed by atoms with van der Waals surface area (Å²) < 4.78 is 0. The molecular weight excluding hydrogens is 220 g/mol. The van der Waals surface area contributed by atoms with E-state index in [1.54, 1.807) is 0 Å². The van der Waals surface area contributed by atoms with Gasteiger partial charge in [0.15, 0.2) is 0 Å². The van der Waals surface area contributed by atoms with E-state index in [1.807, 2.05) is 0 Å². The second-order valence-electron chi connectivity index (χ2n) is 4.31. The van der Waals surface area contributed by atoms with Gasteiger partial charge in [0.05, 0.1) is 6.61 Å². The van der Waals surface area contributed by atoms with Crippen molar-refractivity contribution in [2.75, 3.05) is 18.1 Å². The minimum Gasteiger partial charge on any atom is -0.236 e. The van der Waals surface area contributed by atoms with Gasteiger partial charge in [0.2, 0.25) is 0 Å². The molecule has 0 aliphatic heterocycles. The fourth-order valence-corrected chi connectivity index (χ4v) is 2.40. The Morgan fingerprint density at radius 1 is 1.00 bits per heavy atom. The van der Waals surface area contributed by atoms with Gasteiger partial charge in [-0.25, -0.2) is 10.2 Å². The summed E-state index contributed by atoms with van der Waals surface area (Å²) in [6.07, 6.45) is 9.19. The zero-order valence-electron chi connectivity index (χ0n) is 10.6. The molecule has 0 saturated carbocycles. The predicted octanol–water partition coefficient (Wildman–Crippen LogP) is 4.09. The molecule has 0 saturated heterocycles. The lowest BCUT2D eigenvalue weighted by atomic mass is 10.1. The number of unbranched alkanes of at least 4 members (excludes halogenated alkanes) is 6. The van der Waals surface area contributed by atoms with Crippen molar-refractivity contribution in [3.8, 4) is 0 Å². The second-order valence-corrected chi connectivity index (χ2v) is 5.46. The van der Waals surface area contributed by atoms with Crippen LogP contribution in [-0.2, 0) is 10.2 Å². The highest BCUT2D eigenvalue weighted by Gasteiger charge is 2.05. The van der Waals surface area contributed by atoms with Gasteiger partial charge in [-0.15, -0.1) is 0 Å². The molecule has 96 valence electrons. The molecule has 0 rings (SSSR count). The number of hydrogen-bond donors (Lipinski definition) is 0. The van der Waals surface area contributed by atoms with Crippen molar-refractivity contribution in [3.05, 3.63) is 0 Å². The zero-order valence-corrected chi connectivity index (χ0v) is 11.4. The molecule has 0 amide bonds. The fourth-order valence-electron chi connectivity index (χ4n) is 1.69. The molecule has 0 heterocycles. The highest BCUT2D eigenvalue weighted by atomic mass is 32.2. The van der Waals surface area contributed by atoms with Crippen molar-refractivity contribution in [3.63, 3.8) is 0 Å². The Balaban J connectivity index is 3.06. The van der Waals surface area contributed by atoms with Gasteiger partial charge >= 0.3 is 0 Å². The second kappa shape index (κ2) is 13.3. The molecule has 1 unspecified atom stereocenters. The Labute approximate surface area is 105 Å². The van der Waals surface area contributed by atoms with Crippen LogP contribution in [0.2, 0.25) is 0 Å². The molecule has 0 aliphatic rings. The van der Waals surface area contributed by atoms with E-state index in [9.17, 15) is 10.2 Å². The summed E-state index contributed by atoms with van der Waals surface area (Å²) in [5.41, 5.74) is 0. The van der Waals surface area contributed by atoms with Gasteiger partial charge in [-0.05, 0) is 6.42 Å². The third-order valence-electron chi connectivity index (χ3n) is 2.66. The van der Waals surface area contributed by atoms with Crippen molar-refractivity contribution in [1.82, 2.24) is 0 Å². The molecule has 0 fully saturated rings. The van der Waals surface area contributed by atoms with Crippen molar-refractivity contribution in [1.29, 1.82) is 0 Å². The van der Waals surface area contributed by atoms with Gasteiger partial charge in [-0.1, -0.05) is 51.9 Å². The quantitative estimate of drug-likeness (QED) is 0.478. The Morgan fingerprint density at radius 2 is 1.62 bits per heavy atom. The molecule has 0 N–H and O–H groups in total. The van der Waals surface area contributed by atoms with Crippen LogP contribution in [-0.4, -0.2) is 24.2 Å². The monoisotopic (exact) mass is 246 g/mol. The number of thioether (sulfide) groups is 1. The molecule has 16 heavy (non-hydrogen) atoms. The first-order chi connectivity index (χ1) is 7.81. The van der Waals surface area contributed by atoms with E-state index in [-0.39, 0.29) is 6.61 Å². The van der Waals surface area contributed by atoms with E-state index < -0.39 is 6.10 Å². The maximum atomic E-state index is 11.4. The van der Waals surface area contributed by atoms with Crippen LogP contribution in [0.4, 0.5) is 0 Å². The third kappa shape index (κ3) is 12.3. The first kappa shape index (κ1) is 16.3. The SMILES string of the molecule is CCCCCCCCCC([O])CSCC[O]. The molecular formula is C13H26O2S. The molecule has 0 aromatic heterocycles. The Morgan fingerprint density at radius 3 is 2.25 bits per heavy atom. The molecule has 0 aromatic carbocycles. The molecule has 0 bridgehead atoms. The zero-order chi connectivity index (χ0) is 12.1. The molecule has 1 atom stereocenters. The maximum absolute atomic E-state index is 11.4. The van der Waals surface area contributed by atoms with Gasteiger partial charge in [-0.3, -0.25) is 0 Å². The van der Waals surface area contributed by atoms with Crippen LogP contribution >= 0.6 is 11.8 Å². The van der Waals surface area contributed by atoms with Crippen molar-refractivity contribution < 1.29 is 10.2 Å². The largest absolute Gasteiger partial charge is 0.236 e. The summed E-state index contributed by atoms with van der Waals surface area (Å²) in [6, 6.07) is 0. The Kier molecular flexibility index (Phi) is 13.6. The number of rotatable bonds is 12. The normalized spacial score (nSPS) is 12.9. The summed E-state index contributed by atoms with van der Waals surface area (Å²) in [5, 5.41) is 21.6. The lowest BCUT2D eigenvalue weighted by molar-refractivity contribution is 0.0989. The van der Waals surface area contributed by atoms with Crippen LogP contribution in [0.15, 0.2) is 0 Å². The average Bonchev–Trinajstić information content (AvgIpc) is 2.28. The first-order valence-corrected chi connectivity index (χ1v) is 7.78. The minimum absolute atomic E-state index is 0.0607. The molecule has 3 heteroatoms. The predicted molar refractivity (Wildman–Crippen MR) is 70.0 cm³/mol. The Bertz CT molecular complexity index is 131. The highest BCUT2D eigenvalue weighted by molar-refractivity contribution is 7.99. The van der Waals surface area contributed by atoms with Gasteiger partial charge in [0.25, 0.3) is 0 Å². The van der Waals surface area contributed by atoms with Gasteiger partial charge in [0.1, 0.15) is 6.10 Å². The average molecular weight is 246 g/mol. The molecule has 0 aromatic rings. The molecule has 0 spiro atoms. The highest BCUT2D eigenvalue weighted by Crippen LogP contribution is 2.12. The van der Waals surface area contributed by atoms with E-state index in [4.69, 9.17) is 0 Å². The van der Waals surface area contributed by atoms with Crippen molar-refractivity contribution in [2.24, 2.45) is 0 Å². The number of hydrogen-bond acceptors (Lipinski definition) is 1. The summed E-state index contributed by atoms with van der Waals surface area (Å²) >= 11 is 1.51. The molecule has 0 aliphatic carbocycles. The van der Waals surface area contributed by atoms with E-state index >= 15 is 0 Å². The summed E-state index contributed by atoms with van der Waals surface area (Å²) in [5.74, 6) is 1.22. The summed E-state index contributed by atoms with van der Waals surface area (Å²) in [6.45, 7) is 2.16. The third-order valence-corrected chi connectivity index (χ3v) is 3.72. The van der Waals surface area contributed by atoms with Crippen molar-refractivity contribution in [2.45, 2.75) is 64.4 Å². The van der Waals surface area contributed by atoms with Gasteiger partial charge in [-0.2, -0.15) is 11.8 Å². The lowest BCUT2D eigenvalue weighted by Gasteiger charge is -2.07. The van der Waals surface area contributed by atoms with Crippen LogP contribution in [0.3, 0.4) is 0 Å². The van der Waals surface area contributed by atoms with Crippen LogP contribution < -0.4 is 0 Å². The van der Waals surface area contributed by atoms with Crippen LogP contribution in [0.1, 0.15) is 58.3 Å². The Hall–Kier alpha value is 0.270. The fraction of sp³-hybridized carbons (Fsp3) is 1.00. The topological polar surface area (TPSA) is 39.8 Å². The van der Waals surface area contributed by atoms with E-state index in [2.05, 4.69) is 6.92 Å². The van der Waals surface area contributed by atoms with Crippen molar-refractivity contribution >= 4 is 11.8 Å². The summed E-state index contributed by atoms with van der Waals surface area (Å²) in [4.78, 5) is 0. The molecule has 2 nitrogen and oxygen atoms in total. The summed E-state index contributed by atoms with van der Waals surface area (Å²) in [7, 11) is 0. The van der Waals surface area contributed by atoms with Gasteiger partial charge < -0.3 is 0 Å². The van der Waals surface area contributed by atoms with E-state index in [0.29, 0.717) is 11.5 Å². The molecule has 2 radical (unpaired) electrons. The van der Waals surface area contributed by atoms with E-state index in [0.717, 1.165) is 12.8 Å².